The third-order valence-electron chi connectivity index (χ3n) is 3.27. The highest BCUT2D eigenvalue weighted by Crippen LogP contribution is 2.29. The number of anilines is 1. The number of hydrogen-bond acceptors (Lipinski definition) is 7. The molecule has 1 saturated heterocycles. The van der Waals surface area contributed by atoms with E-state index < -0.39 is 4.92 Å². The first-order valence-corrected chi connectivity index (χ1v) is 6.77. The van der Waals surface area contributed by atoms with Crippen LogP contribution in [0, 0.1) is 10.1 Å². The number of rotatable bonds is 5. The summed E-state index contributed by atoms with van der Waals surface area (Å²) in [5, 5.41) is 13.8. The third kappa shape index (κ3) is 3.99. The first kappa shape index (κ1) is 15.4. The van der Waals surface area contributed by atoms with E-state index in [4.69, 9.17) is 17.3 Å². The van der Waals surface area contributed by atoms with Crippen LogP contribution in [-0.4, -0.2) is 51.4 Å². The van der Waals surface area contributed by atoms with Crippen LogP contribution in [0.25, 0.3) is 0 Å². The fraction of sp³-hybridized carbons (Fsp3) is 0.545. The zero-order valence-corrected chi connectivity index (χ0v) is 11.9. The Morgan fingerprint density at radius 1 is 1.52 bits per heavy atom. The molecule has 2 rings (SSSR count). The number of nitrogens with zero attached hydrogens (tertiary/aromatic N) is 4. The number of carbonyl (C=O) groups is 1. The molecule has 2 heterocycles. The Bertz CT molecular complexity index is 547. The van der Waals surface area contributed by atoms with Crippen molar-refractivity contribution < 1.29 is 9.72 Å². The summed E-state index contributed by atoms with van der Waals surface area (Å²) in [6.07, 6.45) is 2.64. The van der Waals surface area contributed by atoms with Crippen LogP contribution in [0.15, 0.2) is 6.33 Å². The molecule has 1 amide bonds. The molecule has 1 aromatic rings. The smallest absolute Gasteiger partial charge is 0.348 e. The minimum Gasteiger partial charge on any atom is -0.369 e. The van der Waals surface area contributed by atoms with Gasteiger partial charge in [-0.15, -0.1) is 0 Å². The van der Waals surface area contributed by atoms with Crippen molar-refractivity contribution in [3.8, 4) is 0 Å². The Morgan fingerprint density at radius 3 is 2.76 bits per heavy atom. The number of likely N-dealkylation sites (tertiary alicyclic amines) is 1. The van der Waals surface area contributed by atoms with Gasteiger partial charge in [0.2, 0.25) is 16.9 Å². The van der Waals surface area contributed by atoms with E-state index in [9.17, 15) is 14.9 Å². The molecule has 9 nitrogen and oxygen atoms in total. The normalized spacial score (nSPS) is 16.6. The summed E-state index contributed by atoms with van der Waals surface area (Å²) < 4.78 is 0. The lowest BCUT2D eigenvalue weighted by molar-refractivity contribution is -0.384. The monoisotopic (exact) mass is 314 g/mol. The standard InChI is InChI=1S/C11H15ClN6O3/c12-10-9(18(20)21)11(15-6-14-10)16-7-1-3-17(4-2-7)5-8(13)19/h6-7H,1-5H2,(H2,13,19)(H,14,15,16). The molecule has 0 spiro atoms. The fourth-order valence-electron chi connectivity index (χ4n) is 2.27. The average molecular weight is 315 g/mol. The number of hydrogen-bond donors (Lipinski definition) is 2. The Balaban J connectivity index is 1.99. The van der Waals surface area contributed by atoms with E-state index in [1.807, 2.05) is 4.90 Å². The van der Waals surface area contributed by atoms with Gasteiger partial charge in [0.15, 0.2) is 0 Å². The van der Waals surface area contributed by atoms with Gasteiger partial charge < -0.3 is 11.1 Å². The Labute approximate surface area is 125 Å². The van der Waals surface area contributed by atoms with E-state index in [2.05, 4.69) is 15.3 Å². The first-order chi connectivity index (χ1) is 9.97. The van der Waals surface area contributed by atoms with Crippen LogP contribution in [0.5, 0.6) is 0 Å². The summed E-state index contributed by atoms with van der Waals surface area (Å²) in [7, 11) is 0. The molecule has 0 radical (unpaired) electrons. The molecule has 0 aromatic carbocycles. The van der Waals surface area contributed by atoms with Crippen LogP contribution in [0.2, 0.25) is 5.15 Å². The molecular formula is C11H15ClN6O3. The van der Waals surface area contributed by atoms with Crippen molar-refractivity contribution in [3.05, 3.63) is 21.6 Å². The predicted molar refractivity (Wildman–Crippen MR) is 76.0 cm³/mol. The van der Waals surface area contributed by atoms with Crippen molar-refractivity contribution in [2.24, 2.45) is 5.73 Å². The van der Waals surface area contributed by atoms with Crippen molar-refractivity contribution in [2.75, 3.05) is 25.0 Å². The molecule has 3 N–H and O–H groups in total. The van der Waals surface area contributed by atoms with Crippen molar-refractivity contribution in [1.82, 2.24) is 14.9 Å². The highest BCUT2D eigenvalue weighted by atomic mass is 35.5. The summed E-state index contributed by atoms with van der Waals surface area (Å²) in [4.78, 5) is 30.7. The second kappa shape index (κ2) is 6.64. The van der Waals surface area contributed by atoms with E-state index >= 15 is 0 Å². The van der Waals surface area contributed by atoms with Gasteiger partial charge in [0.1, 0.15) is 6.33 Å². The third-order valence-corrected chi connectivity index (χ3v) is 3.54. The SMILES string of the molecule is NC(=O)CN1CCC(Nc2ncnc(Cl)c2[N+](=O)[O-])CC1. The number of aromatic nitrogens is 2. The van der Waals surface area contributed by atoms with Gasteiger partial charge in [0.05, 0.1) is 11.5 Å². The number of piperidine rings is 1. The maximum absolute atomic E-state index is 11.0. The van der Waals surface area contributed by atoms with E-state index in [-0.39, 0.29) is 35.2 Å². The second-order valence-corrected chi connectivity index (χ2v) is 5.14. The van der Waals surface area contributed by atoms with Crippen molar-refractivity contribution in [3.63, 3.8) is 0 Å². The summed E-state index contributed by atoms with van der Waals surface area (Å²) in [5.74, 6) is -0.243. The molecule has 1 aromatic heterocycles. The Kier molecular flexibility index (Phi) is 4.86. The van der Waals surface area contributed by atoms with Gasteiger partial charge in [0, 0.05) is 19.1 Å². The fourth-order valence-corrected chi connectivity index (χ4v) is 2.48. The van der Waals surface area contributed by atoms with E-state index in [0.717, 1.165) is 12.8 Å². The summed E-state index contributed by atoms with van der Waals surface area (Å²) in [6.45, 7) is 1.60. The van der Waals surface area contributed by atoms with Gasteiger partial charge in [-0.3, -0.25) is 19.8 Å². The molecule has 0 unspecified atom stereocenters. The molecule has 1 fully saturated rings. The first-order valence-electron chi connectivity index (χ1n) is 6.39. The number of nitrogens with two attached hydrogens (primary N) is 1. The molecule has 0 atom stereocenters. The Morgan fingerprint density at radius 2 is 2.19 bits per heavy atom. The van der Waals surface area contributed by atoms with Gasteiger partial charge in [-0.1, -0.05) is 11.6 Å². The summed E-state index contributed by atoms with van der Waals surface area (Å²) in [6, 6.07) is 0.0267. The van der Waals surface area contributed by atoms with Crippen LogP contribution >= 0.6 is 11.6 Å². The highest BCUT2D eigenvalue weighted by Gasteiger charge is 2.26. The van der Waals surface area contributed by atoms with Gasteiger partial charge in [-0.2, -0.15) is 0 Å². The average Bonchev–Trinajstić information content (AvgIpc) is 2.40. The number of amides is 1. The van der Waals surface area contributed by atoms with Crippen molar-refractivity contribution >= 4 is 29.0 Å². The quantitative estimate of drug-likeness (QED) is 0.457. The van der Waals surface area contributed by atoms with Crippen LogP contribution in [0.1, 0.15) is 12.8 Å². The summed E-state index contributed by atoms with van der Waals surface area (Å²) in [5.41, 5.74) is 4.83. The zero-order chi connectivity index (χ0) is 15.4. The van der Waals surface area contributed by atoms with Crippen LogP contribution in [-0.2, 0) is 4.79 Å². The highest BCUT2D eigenvalue weighted by molar-refractivity contribution is 6.31. The lowest BCUT2D eigenvalue weighted by Crippen LogP contribution is -2.43. The van der Waals surface area contributed by atoms with Crippen LogP contribution in [0.4, 0.5) is 11.5 Å². The van der Waals surface area contributed by atoms with Gasteiger partial charge in [0.25, 0.3) is 0 Å². The van der Waals surface area contributed by atoms with Crippen LogP contribution in [0.3, 0.4) is 0 Å². The number of halogens is 1. The number of nitrogens with one attached hydrogen (secondary N) is 1. The molecule has 0 aliphatic carbocycles. The predicted octanol–water partition coefficient (Wildman–Crippen LogP) is 0.400. The van der Waals surface area contributed by atoms with Gasteiger partial charge in [-0.25, -0.2) is 9.97 Å². The van der Waals surface area contributed by atoms with Crippen LogP contribution < -0.4 is 11.1 Å². The maximum Gasteiger partial charge on any atom is 0.348 e. The molecule has 10 heteroatoms. The second-order valence-electron chi connectivity index (χ2n) is 4.78. The van der Waals surface area contributed by atoms with E-state index in [1.165, 1.54) is 6.33 Å². The lowest BCUT2D eigenvalue weighted by Gasteiger charge is -2.31. The van der Waals surface area contributed by atoms with Crippen molar-refractivity contribution in [1.29, 1.82) is 0 Å². The molecule has 1 aliphatic rings. The van der Waals surface area contributed by atoms with E-state index in [0.29, 0.717) is 13.1 Å². The number of primary amides is 1. The van der Waals surface area contributed by atoms with Crippen molar-refractivity contribution in [2.45, 2.75) is 18.9 Å². The lowest BCUT2D eigenvalue weighted by atomic mass is 10.1. The molecule has 0 saturated carbocycles. The number of nitro groups is 1. The molecule has 1 aliphatic heterocycles. The largest absolute Gasteiger partial charge is 0.369 e. The number of carbonyl (C=O) groups excluding carboxylic acids is 1. The molecule has 114 valence electrons. The molecule has 0 bridgehead atoms. The van der Waals surface area contributed by atoms with E-state index in [1.54, 1.807) is 0 Å². The maximum atomic E-state index is 11.0. The minimum absolute atomic E-state index is 0.0267. The zero-order valence-electron chi connectivity index (χ0n) is 11.2. The molecular weight excluding hydrogens is 300 g/mol. The van der Waals surface area contributed by atoms with Gasteiger partial charge >= 0.3 is 5.69 Å². The minimum atomic E-state index is -0.604. The molecule has 21 heavy (non-hydrogen) atoms. The summed E-state index contributed by atoms with van der Waals surface area (Å²) >= 11 is 5.73. The Hall–Kier alpha value is -2.00. The topological polar surface area (TPSA) is 127 Å². The van der Waals surface area contributed by atoms with Gasteiger partial charge in [-0.05, 0) is 12.8 Å².